The fourth-order valence-corrected chi connectivity index (χ4v) is 4.54. The number of nitrogens with two attached hydrogens (primary N) is 1. The lowest BCUT2D eigenvalue weighted by Crippen LogP contribution is -2.53. The molecular formula is C11H15NO2S. The number of sulfone groups is 1. The minimum Gasteiger partial charge on any atom is -0.330 e. The Morgan fingerprint density at radius 2 is 1.80 bits per heavy atom. The predicted octanol–water partition coefficient (Wildman–Crippen LogP) is 0.702. The van der Waals surface area contributed by atoms with Gasteiger partial charge in [0, 0.05) is 5.41 Å². The smallest absolute Gasteiger partial charge is 0.152 e. The van der Waals surface area contributed by atoms with Crippen molar-refractivity contribution in [2.24, 2.45) is 5.73 Å². The first-order valence-corrected chi connectivity index (χ1v) is 6.86. The molecule has 15 heavy (non-hydrogen) atoms. The van der Waals surface area contributed by atoms with Crippen LogP contribution in [0.15, 0.2) is 30.3 Å². The Morgan fingerprint density at radius 3 is 2.27 bits per heavy atom. The molecular weight excluding hydrogens is 210 g/mol. The van der Waals surface area contributed by atoms with Gasteiger partial charge in [-0.2, -0.15) is 0 Å². The van der Waals surface area contributed by atoms with E-state index in [0.29, 0.717) is 6.54 Å². The first-order valence-electron chi connectivity index (χ1n) is 5.04. The fraction of sp³-hybridized carbons (Fsp3) is 0.455. The van der Waals surface area contributed by atoms with Gasteiger partial charge in [0.25, 0.3) is 0 Å². The van der Waals surface area contributed by atoms with Crippen LogP contribution in [-0.4, -0.2) is 26.5 Å². The van der Waals surface area contributed by atoms with Crippen molar-refractivity contribution < 1.29 is 8.42 Å². The van der Waals surface area contributed by atoms with Gasteiger partial charge in [0.05, 0.1) is 11.5 Å². The molecule has 3 nitrogen and oxygen atoms in total. The summed E-state index contributed by atoms with van der Waals surface area (Å²) < 4.78 is 22.6. The molecule has 0 saturated carbocycles. The maximum Gasteiger partial charge on any atom is 0.152 e. The summed E-state index contributed by atoms with van der Waals surface area (Å²) in [6, 6.07) is 9.80. The lowest BCUT2D eigenvalue weighted by molar-refractivity contribution is 0.433. The number of hydrogen-bond donors (Lipinski definition) is 1. The Bertz CT molecular complexity index is 427. The average molecular weight is 225 g/mol. The van der Waals surface area contributed by atoms with Gasteiger partial charge in [-0.05, 0) is 18.5 Å². The second-order valence-corrected chi connectivity index (χ2v) is 6.28. The molecule has 1 aromatic rings. The van der Waals surface area contributed by atoms with E-state index >= 15 is 0 Å². The maximum absolute atomic E-state index is 11.3. The molecule has 0 unspecified atom stereocenters. The van der Waals surface area contributed by atoms with Crippen molar-refractivity contribution in [1.29, 1.82) is 0 Å². The van der Waals surface area contributed by atoms with Crippen LogP contribution in [-0.2, 0) is 15.3 Å². The van der Waals surface area contributed by atoms with E-state index < -0.39 is 9.84 Å². The Labute approximate surface area is 90.2 Å². The molecule has 1 fully saturated rings. The van der Waals surface area contributed by atoms with Crippen molar-refractivity contribution >= 4 is 9.84 Å². The minimum absolute atomic E-state index is 0.213. The van der Waals surface area contributed by atoms with Crippen LogP contribution in [0.4, 0.5) is 0 Å². The molecule has 0 aliphatic carbocycles. The molecule has 0 aromatic heterocycles. The van der Waals surface area contributed by atoms with Gasteiger partial charge in [0.2, 0.25) is 0 Å². The van der Waals surface area contributed by atoms with Gasteiger partial charge >= 0.3 is 0 Å². The SMILES string of the molecule is NCCC1(c2ccccc2)CS(=O)(=O)C1. The van der Waals surface area contributed by atoms with Crippen LogP contribution in [0.25, 0.3) is 0 Å². The lowest BCUT2D eigenvalue weighted by Gasteiger charge is -2.41. The Morgan fingerprint density at radius 1 is 1.20 bits per heavy atom. The fourth-order valence-electron chi connectivity index (χ4n) is 2.32. The zero-order chi connectivity index (χ0) is 10.9. The monoisotopic (exact) mass is 225 g/mol. The van der Waals surface area contributed by atoms with Gasteiger partial charge in [0.15, 0.2) is 9.84 Å². The molecule has 0 atom stereocenters. The largest absolute Gasteiger partial charge is 0.330 e. The summed E-state index contributed by atoms with van der Waals surface area (Å²) in [7, 11) is -2.81. The van der Waals surface area contributed by atoms with Crippen molar-refractivity contribution in [1.82, 2.24) is 0 Å². The third kappa shape index (κ3) is 1.92. The van der Waals surface area contributed by atoms with Gasteiger partial charge in [-0.1, -0.05) is 30.3 Å². The standard InChI is InChI=1S/C11H15NO2S/c12-7-6-11(8-15(13,14)9-11)10-4-2-1-3-5-10/h1-5H,6-9,12H2. The molecule has 0 amide bonds. The van der Waals surface area contributed by atoms with E-state index in [2.05, 4.69) is 0 Å². The van der Waals surface area contributed by atoms with Gasteiger partial charge < -0.3 is 5.73 Å². The van der Waals surface area contributed by atoms with Crippen molar-refractivity contribution in [2.75, 3.05) is 18.1 Å². The number of benzene rings is 1. The number of hydrogen-bond acceptors (Lipinski definition) is 3. The molecule has 1 saturated heterocycles. The van der Waals surface area contributed by atoms with E-state index in [1.54, 1.807) is 0 Å². The summed E-state index contributed by atoms with van der Waals surface area (Å²) in [5, 5.41) is 0. The Kier molecular flexibility index (Phi) is 2.56. The molecule has 1 aromatic carbocycles. The van der Waals surface area contributed by atoms with Gasteiger partial charge in [-0.25, -0.2) is 8.42 Å². The topological polar surface area (TPSA) is 60.2 Å². The first-order chi connectivity index (χ1) is 7.08. The van der Waals surface area contributed by atoms with Gasteiger partial charge in [0.1, 0.15) is 0 Å². The minimum atomic E-state index is -2.81. The van der Waals surface area contributed by atoms with Crippen molar-refractivity contribution in [3.05, 3.63) is 35.9 Å². The van der Waals surface area contributed by atoms with Gasteiger partial charge in [-0.15, -0.1) is 0 Å². The first kappa shape index (κ1) is 10.6. The van der Waals surface area contributed by atoms with Crippen LogP contribution in [0, 0.1) is 0 Å². The highest BCUT2D eigenvalue weighted by atomic mass is 32.2. The highest BCUT2D eigenvalue weighted by Crippen LogP contribution is 2.39. The Balaban J connectivity index is 2.30. The molecule has 0 spiro atoms. The summed E-state index contributed by atoms with van der Waals surface area (Å²) in [4.78, 5) is 0. The third-order valence-electron chi connectivity index (χ3n) is 3.00. The molecule has 4 heteroatoms. The molecule has 1 aliphatic rings. The van der Waals surface area contributed by atoms with Crippen LogP contribution < -0.4 is 5.73 Å². The quantitative estimate of drug-likeness (QED) is 0.823. The summed E-state index contributed by atoms with van der Waals surface area (Å²) in [6.45, 7) is 0.532. The van der Waals surface area contributed by atoms with E-state index in [-0.39, 0.29) is 16.9 Å². The van der Waals surface area contributed by atoms with Crippen LogP contribution in [0.2, 0.25) is 0 Å². The Hall–Kier alpha value is -0.870. The summed E-state index contributed by atoms with van der Waals surface area (Å²) in [5.74, 6) is 0.502. The molecule has 0 bridgehead atoms. The van der Waals surface area contributed by atoms with E-state index in [1.807, 2.05) is 30.3 Å². The molecule has 2 N–H and O–H groups in total. The molecule has 1 heterocycles. The van der Waals surface area contributed by atoms with E-state index in [1.165, 1.54) is 0 Å². The maximum atomic E-state index is 11.3. The molecule has 2 rings (SSSR count). The van der Waals surface area contributed by atoms with Gasteiger partial charge in [-0.3, -0.25) is 0 Å². The van der Waals surface area contributed by atoms with E-state index in [0.717, 1.165) is 12.0 Å². The molecule has 82 valence electrons. The van der Waals surface area contributed by atoms with Crippen molar-refractivity contribution in [3.63, 3.8) is 0 Å². The number of rotatable bonds is 3. The van der Waals surface area contributed by atoms with Crippen molar-refractivity contribution in [2.45, 2.75) is 11.8 Å². The molecule has 0 radical (unpaired) electrons. The highest BCUT2D eigenvalue weighted by molar-refractivity contribution is 7.93. The van der Waals surface area contributed by atoms with Crippen molar-refractivity contribution in [3.8, 4) is 0 Å². The zero-order valence-electron chi connectivity index (χ0n) is 8.52. The van der Waals surface area contributed by atoms with Crippen LogP contribution >= 0.6 is 0 Å². The summed E-state index contributed by atoms with van der Waals surface area (Å²) in [5.41, 5.74) is 6.44. The summed E-state index contributed by atoms with van der Waals surface area (Å²) >= 11 is 0. The van der Waals surface area contributed by atoms with Crippen LogP contribution in [0.1, 0.15) is 12.0 Å². The van der Waals surface area contributed by atoms with Crippen LogP contribution in [0.5, 0.6) is 0 Å². The van der Waals surface area contributed by atoms with E-state index in [4.69, 9.17) is 5.73 Å². The summed E-state index contributed by atoms with van der Waals surface area (Å²) in [6.07, 6.45) is 0.746. The predicted molar refractivity (Wildman–Crippen MR) is 60.4 cm³/mol. The van der Waals surface area contributed by atoms with E-state index in [9.17, 15) is 8.42 Å². The normalized spacial score (nSPS) is 21.9. The lowest BCUT2D eigenvalue weighted by atomic mass is 9.80. The molecule has 1 aliphatic heterocycles. The average Bonchev–Trinajstić information content (AvgIpc) is 2.16. The second-order valence-electron chi connectivity index (χ2n) is 4.22. The zero-order valence-corrected chi connectivity index (χ0v) is 9.33. The highest BCUT2D eigenvalue weighted by Gasteiger charge is 2.48. The second kappa shape index (κ2) is 3.61. The third-order valence-corrected chi connectivity index (χ3v) is 4.99. The van der Waals surface area contributed by atoms with Crippen LogP contribution in [0.3, 0.4) is 0 Å².